The number of rotatable bonds is 2. The van der Waals surface area contributed by atoms with E-state index in [0.29, 0.717) is 6.04 Å². The highest BCUT2D eigenvalue weighted by atomic mass is 15.3. The number of imidazole rings is 1. The van der Waals surface area contributed by atoms with Gasteiger partial charge in [-0.2, -0.15) is 0 Å². The molecule has 1 aromatic carbocycles. The van der Waals surface area contributed by atoms with Crippen LogP contribution in [0.4, 0.5) is 0 Å². The first-order chi connectivity index (χ1) is 11.2. The Kier molecular flexibility index (Phi) is 3.93. The first-order valence-corrected chi connectivity index (χ1v) is 8.48. The van der Waals surface area contributed by atoms with Crippen molar-refractivity contribution >= 4 is 0 Å². The second-order valence-electron chi connectivity index (χ2n) is 6.68. The van der Waals surface area contributed by atoms with E-state index in [0.717, 1.165) is 45.1 Å². The van der Waals surface area contributed by atoms with Crippen molar-refractivity contribution < 1.29 is 0 Å². The van der Waals surface area contributed by atoms with Gasteiger partial charge in [0.15, 0.2) is 0 Å². The van der Waals surface area contributed by atoms with E-state index in [9.17, 15) is 0 Å². The van der Waals surface area contributed by atoms with Crippen molar-refractivity contribution in [3.63, 3.8) is 0 Å². The maximum absolute atomic E-state index is 4.94. The van der Waals surface area contributed by atoms with Crippen molar-refractivity contribution in [1.82, 2.24) is 24.7 Å². The number of aromatic nitrogens is 2. The summed E-state index contributed by atoms with van der Waals surface area (Å²) in [7, 11) is 4.38. The monoisotopic (exact) mass is 311 g/mol. The van der Waals surface area contributed by atoms with Crippen LogP contribution in [0, 0.1) is 0 Å². The zero-order valence-corrected chi connectivity index (χ0v) is 14.0. The molecule has 5 heteroatoms. The van der Waals surface area contributed by atoms with Crippen molar-refractivity contribution in [1.29, 1.82) is 0 Å². The molecule has 2 aromatic rings. The molecule has 0 spiro atoms. The normalized spacial score (nSPS) is 23.0. The predicted molar refractivity (Wildman–Crippen MR) is 92.2 cm³/mol. The molecule has 1 atom stereocenters. The third-order valence-electron chi connectivity index (χ3n) is 5.17. The van der Waals surface area contributed by atoms with Gasteiger partial charge in [-0.15, -0.1) is 0 Å². The summed E-state index contributed by atoms with van der Waals surface area (Å²) in [6, 6.07) is 10.9. The van der Waals surface area contributed by atoms with Crippen LogP contribution < -0.4 is 5.32 Å². The summed E-state index contributed by atoms with van der Waals surface area (Å²) < 4.78 is 2.31. The van der Waals surface area contributed by atoms with Crippen LogP contribution in [0.3, 0.4) is 0 Å². The molecule has 0 amide bonds. The molecule has 5 nitrogen and oxygen atoms in total. The summed E-state index contributed by atoms with van der Waals surface area (Å²) in [6.45, 7) is 6.46. The predicted octanol–water partition coefficient (Wildman–Crippen LogP) is 1.48. The van der Waals surface area contributed by atoms with Gasteiger partial charge in [-0.1, -0.05) is 30.3 Å². The number of nitrogens with zero attached hydrogens (tertiary/aromatic N) is 4. The number of piperazine rings is 1. The molecule has 2 aliphatic heterocycles. The van der Waals surface area contributed by atoms with Gasteiger partial charge in [0.05, 0.1) is 17.4 Å². The smallest absolute Gasteiger partial charge is 0.140 e. The minimum Gasteiger partial charge on any atom is -0.329 e. The molecule has 0 aliphatic carbocycles. The first-order valence-electron chi connectivity index (χ1n) is 8.48. The lowest BCUT2D eigenvalue weighted by atomic mass is 10.0. The highest BCUT2D eigenvalue weighted by Crippen LogP contribution is 2.31. The molecule has 1 fully saturated rings. The van der Waals surface area contributed by atoms with Gasteiger partial charge in [-0.05, 0) is 7.05 Å². The molecule has 0 radical (unpaired) electrons. The van der Waals surface area contributed by atoms with E-state index in [4.69, 9.17) is 4.98 Å². The zero-order valence-electron chi connectivity index (χ0n) is 14.0. The van der Waals surface area contributed by atoms with Crippen LogP contribution in [0.15, 0.2) is 30.3 Å². The Labute approximate surface area is 137 Å². The van der Waals surface area contributed by atoms with Crippen LogP contribution in [0.5, 0.6) is 0 Å². The van der Waals surface area contributed by atoms with Gasteiger partial charge < -0.3 is 14.8 Å². The summed E-state index contributed by atoms with van der Waals surface area (Å²) in [5.41, 5.74) is 3.80. The van der Waals surface area contributed by atoms with Gasteiger partial charge in [0.1, 0.15) is 5.82 Å². The minimum absolute atomic E-state index is 0.433. The molecule has 1 saturated heterocycles. The number of likely N-dealkylation sites (N-methyl/N-ethyl adjacent to an activating group) is 1. The molecule has 3 heterocycles. The molecule has 1 aromatic heterocycles. The molecule has 1 unspecified atom stereocenters. The molecule has 4 rings (SSSR count). The molecule has 2 aliphatic rings. The third kappa shape index (κ3) is 2.69. The SMILES string of the molecule is CN1CCN(C2CNCc3nc(-c4ccccc4)n(C)c32)CC1. The third-order valence-corrected chi connectivity index (χ3v) is 5.17. The van der Waals surface area contributed by atoms with Crippen molar-refractivity contribution in [3.8, 4) is 11.4 Å². The van der Waals surface area contributed by atoms with Crippen LogP contribution in [0.1, 0.15) is 17.4 Å². The summed E-state index contributed by atoms with van der Waals surface area (Å²) >= 11 is 0. The Morgan fingerprint density at radius 1 is 1.04 bits per heavy atom. The van der Waals surface area contributed by atoms with E-state index < -0.39 is 0 Å². The van der Waals surface area contributed by atoms with Crippen molar-refractivity contribution in [2.24, 2.45) is 7.05 Å². The summed E-state index contributed by atoms with van der Waals surface area (Å²) in [6.07, 6.45) is 0. The Balaban J connectivity index is 1.69. The lowest BCUT2D eigenvalue weighted by molar-refractivity contribution is 0.103. The van der Waals surface area contributed by atoms with E-state index >= 15 is 0 Å². The van der Waals surface area contributed by atoms with Gasteiger partial charge in [-0.3, -0.25) is 4.90 Å². The largest absolute Gasteiger partial charge is 0.329 e. The molecule has 0 saturated carbocycles. The summed E-state index contributed by atoms with van der Waals surface area (Å²) in [4.78, 5) is 9.97. The van der Waals surface area contributed by atoms with Crippen LogP contribution in [-0.4, -0.2) is 59.1 Å². The van der Waals surface area contributed by atoms with Gasteiger partial charge in [-0.25, -0.2) is 4.98 Å². The molecular formula is C18H25N5. The molecule has 1 N–H and O–H groups in total. The lowest BCUT2D eigenvalue weighted by Crippen LogP contribution is -2.49. The minimum atomic E-state index is 0.433. The van der Waals surface area contributed by atoms with Crippen molar-refractivity contribution in [3.05, 3.63) is 41.7 Å². The Bertz CT molecular complexity index is 670. The fraction of sp³-hybridized carbons (Fsp3) is 0.500. The number of hydrogen-bond donors (Lipinski definition) is 1. The second-order valence-corrected chi connectivity index (χ2v) is 6.68. The standard InChI is InChI=1S/C18H25N5/c1-21-8-10-23(11-9-21)16-13-19-12-15-17(16)22(2)18(20-15)14-6-4-3-5-7-14/h3-7,16,19H,8-13H2,1-2H3. The van der Waals surface area contributed by atoms with Crippen molar-refractivity contribution in [2.45, 2.75) is 12.6 Å². The number of fused-ring (bicyclic) bond motifs is 1. The topological polar surface area (TPSA) is 36.3 Å². The van der Waals surface area contributed by atoms with Crippen LogP contribution in [-0.2, 0) is 13.6 Å². The fourth-order valence-electron chi connectivity index (χ4n) is 3.82. The van der Waals surface area contributed by atoms with Gasteiger partial charge in [0, 0.05) is 51.9 Å². The van der Waals surface area contributed by atoms with E-state index in [2.05, 4.69) is 64.1 Å². The molecule has 122 valence electrons. The second kappa shape index (κ2) is 6.07. The fourth-order valence-corrected chi connectivity index (χ4v) is 3.82. The Hall–Kier alpha value is -1.69. The Morgan fingerprint density at radius 2 is 1.78 bits per heavy atom. The van der Waals surface area contributed by atoms with Crippen LogP contribution in [0.2, 0.25) is 0 Å². The van der Waals surface area contributed by atoms with Gasteiger partial charge in [0.2, 0.25) is 0 Å². The molecule has 0 bridgehead atoms. The van der Waals surface area contributed by atoms with Crippen molar-refractivity contribution in [2.75, 3.05) is 39.8 Å². The zero-order chi connectivity index (χ0) is 15.8. The molecule has 23 heavy (non-hydrogen) atoms. The van der Waals surface area contributed by atoms with E-state index in [-0.39, 0.29) is 0 Å². The maximum atomic E-state index is 4.94. The average molecular weight is 311 g/mol. The quantitative estimate of drug-likeness (QED) is 0.911. The number of benzene rings is 1. The summed E-state index contributed by atoms with van der Waals surface area (Å²) in [5, 5.41) is 3.56. The highest BCUT2D eigenvalue weighted by molar-refractivity contribution is 5.57. The Morgan fingerprint density at radius 3 is 2.52 bits per heavy atom. The maximum Gasteiger partial charge on any atom is 0.140 e. The summed E-state index contributed by atoms with van der Waals surface area (Å²) in [5.74, 6) is 1.08. The van der Waals surface area contributed by atoms with Crippen LogP contribution in [0.25, 0.3) is 11.4 Å². The first kappa shape index (κ1) is 14.9. The highest BCUT2D eigenvalue weighted by Gasteiger charge is 2.32. The van der Waals surface area contributed by atoms with Crippen LogP contribution >= 0.6 is 0 Å². The number of nitrogens with one attached hydrogen (secondary N) is 1. The lowest BCUT2D eigenvalue weighted by Gasteiger charge is -2.39. The molecular weight excluding hydrogens is 286 g/mol. The van der Waals surface area contributed by atoms with Gasteiger partial charge in [0.25, 0.3) is 0 Å². The van der Waals surface area contributed by atoms with E-state index in [1.807, 2.05) is 0 Å². The van der Waals surface area contributed by atoms with E-state index in [1.165, 1.54) is 17.0 Å². The van der Waals surface area contributed by atoms with E-state index in [1.54, 1.807) is 0 Å². The van der Waals surface area contributed by atoms with Gasteiger partial charge >= 0.3 is 0 Å². The number of hydrogen-bond acceptors (Lipinski definition) is 4. The average Bonchev–Trinajstić information content (AvgIpc) is 2.94.